The van der Waals surface area contributed by atoms with E-state index in [0.29, 0.717) is 42.0 Å². The number of aromatic nitrogens is 1. The van der Waals surface area contributed by atoms with Gasteiger partial charge in [0.2, 0.25) is 5.91 Å². The number of pyridine rings is 1. The lowest BCUT2D eigenvalue weighted by molar-refractivity contribution is -0.144. The maximum atomic E-state index is 14.1. The molecule has 3 saturated carbocycles. The van der Waals surface area contributed by atoms with Crippen LogP contribution in [0.15, 0.2) is 30.5 Å². The summed E-state index contributed by atoms with van der Waals surface area (Å²) in [4.78, 5) is 20.0. The zero-order valence-electron chi connectivity index (χ0n) is 21.9. The van der Waals surface area contributed by atoms with Crippen LogP contribution in [0.25, 0.3) is 0 Å². The second-order valence-corrected chi connectivity index (χ2v) is 12.7. The van der Waals surface area contributed by atoms with Crippen LogP contribution in [0.1, 0.15) is 79.3 Å². The molecule has 5 atom stereocenters. The van der Waals surface area contributed by atoms with Gasteiger partial charge in [0.05, 0.1) is 17.6 Å². The lowest BCUT2D eigenvalue weighted by Crippen LogP contribution is -2.46. The highest BCUT2D eigenvalue weighted by atomic mass is 19.4. The Morgan fingerprint density at radius 3 is 2.92 bits per heavy atom. The minimum atomic E-state index is -4.42. The topological polar surface area (TPSA) is 42.4 Å². The number of fused-ring (bicyclic) bond motifs is 4. The molecule has 2 aromatic rings. The van der Waals surface area contributed by atoms with Gasteiger partial charge in [-0.05, 0) is 87.3 Å². The van der Waals surface area contributed by atoms with E-state index in [1.807, 2.05) is 4.90 Å². The molecule has 3 aliphatic carbocycles. The summed E-state index contributed by atoms with van der Waals surface area (Å²) >= 11 is 0. The minimum Gasteiger partial charge on any atom is -0.493 e. The van der Waals surface area contributed by atoms with E-state index < -0.39 is 11.7 Å². The van der Waals surface area contributed by atoms with Crippen molar-refractivity contribution in [1.29, 1.82) is 0 Å². The molecular weight excluding hydrogens is 489 g/mol. The molecule has 3 heterocycles. The maximum Gasteiger partial charge on any atom is 0.417 e. The van der Waals surface area contributed by atoms with Crippen molar-refractivity contribution in [3.63, 3.8) is 0 Å². The number of halogens is 3. The monoisotopic (exact) mass is 524 g/mol. The molecule has 202 valence electrons. The first-order chi connectivity index (χ1) is 18.2. The molecule has 7 rings (SSSR count). The number of alkyl halides is 3. The third-order valence-corrected chi connectivity index (χ3v) is 10.6. The molecule has 1 spiro atoms. The summed E-state index contributed by atoms with van der Waals surface area (Å²) in [6, 6.07) is 7.76. The number of benzene rings is 1. The Balaban J connectivity index is 1.07. The van der Waals surface area contributed by atoms with Gasteiger partial charge in [0.1, 0.15) is 5.75 Å². The molecule has 0 saturated heterocycles. The SMILES string of the molecule is Cc1ccc2c(c1)C1(CCO2)CC1C[C@@H]1C[C@H]2CCC[C@@]2(C(=O)N2CCc3ncc(C(F)(F)F)cc3C2)C1. The lowest BCUT2D eigenvalue weighted by Gasteiger charge is -2.37. The zero-order valence-corrected chi connectivity index (χ0v) is 21.9. The lowest BCUT2D eigenvalue weighted by atomic mass is 9.77. The number of aryl methyl sites for hydroxylation is 1. The average molecular weight is 525 g/mol. The molecule has 5 aliphatic rings. The second kappa shape index (κ2) is 8.46. The molecule has 1 aromatic heterocycles. The van der Waals surface area contributed by atoms with Crippen LogP contribution in [0.3, 0.4) is 0 Å². The Kier molecular flexibility index (Phi) is 5.45. The van der Waals surface area contributed by atoms with Crippen molar-refractivity contribution in [2.45, 2.75) is 82.8 Å². The Morgan fingerprint density at radius 2 is 2.08 bits per heavy atom. The van der Waals surface area contributed by atoms with Crippen LogP contribution >= 0.6 is 0 Å². The average Bonchev–Trinajstić information content (AvgIpc) is 3.21. The minimum absolute atomic E-state index is 0.183. The van der Waals surface area contributed by atoms with E-state index in [1.54, 1.807) is 0 Å². The number of amides is 1. The molecule has 2 unspecified atom stereocenters. The molecule has 1 amide bonds. The van der Waals surface area contributed by atoms with E-state index in [2.05, 4.69) is 30.1 Å². The standard InChI is InChI=1S/C31H35F3N2O2/c1-19-4-5-27-25(11-19)29(8-10-38-27)16-23(29)13-20-12-22-3-2-7-30(22,15-20)28(37)36-9-6-26-21(18-36)14-24(17-35-26)31(32,33)34/h4-5,11,14,17,20,22-23H,2-3,6-10,12-13,15-16,18H2,1H3/t20-,22+,23?,29?,30+/m0/s1. The molecule has 4 nitrogen and oxygen atoms in total. The van der Waals surface area contributed by atoms with Gasteiger partial charge in [0, 0.05) is 42.4 Å². The molecule has 3 fully saturated rings. The summed E-state index contributed by atoms with van der Waals surface area (Å²) in [7, 11) is 0. The van der Waals surface area contributed by atoms with Gasteiger partial charge in [-0.1, -0.05) is 24.1 Å². The van der Waals surface area contributed by atoms with Crippen molar-refractivity contribution in [2.75, 3.05) is 13.2 Å². The summed E-state index contributed by atoms with van der Waals surface area (Å²) in [5.74, 6) is 2.83. The van der Waals surface area contributed by atoms with Crippen LogP contribution in [0.4, 0.5) is 13.2 Å². The van der Waals surface area contributed by atoms with E-state index >= 15 is 0 Å². The summed E-state index contributed by atoms with van der Waals surface area (Å²) < 4.78 is 45.9. The Hall–Kier alpha value is -2.57. The largest absolute Gasteiger partial charge is 0.493 e. The number of rotatable bonds is 3. The molecule has 0 radical (unpaired) electrons. The van der Waals surface area contributed by atoms with Crippen molar-refractivity contribution in [2.24, 2.45) is 23.2 Å². The van der Waals surface area contributed by atoms with E-state index in [0.717, 1.165) is 57.1 Å². The summed E-state index contributed by atoms with van der Waals surface area (Å²) in [5.41, 5.74) is 3.09. The van der Waals surface area contributed by atoms with Crippen LogP contribution in [0.5, 0.6) is 5.75 Å². The predicted molar refractivity (Wildman–Crippen MR) is 137 cm³/mol. The highest BCUT2D eigenvalue weighted by molar-refractivity contribution is 5.84. The Labute approximate surface area is 222 Å². The number of nitrogens with zero attached hydrogens (tertiary/aromatic N) is 2. The second-order valence-electron chi connectivity index (χ2n) is 12.7. The fourth-order valence-electron chi connectivity index (χ4n) is 8.74. The van der Waals surface area contributed by atoms with Gasteiger partial charge in [-0.2, -0.15) is 13.2 Å². The highest BCUT2D eigenvalue weighted by Gasteiger charge is 2.61. The quantitative estimate of drug-likeness (QED) is 0.453. The van der Waals surface area contributed by atoms with Crippen molar-refractivity contribution in [1.82, 2.24) is 9.88 Å². The van der Waals surface area contributed by atoms with E-state index in [1.165, 1.54) is 30.0 Å². The number of carbonyl (C=O) groups is 1. The smallest absolute Gasteiger partial charge is 0.417 e. The fraction of sp³-hybridized carbons (Fsp3) is 0.613. The number of hydrogen-bond acceptors (Lipinski definition) is 3. The Morgan fingerprint density at radius 1 is 1.21 bits per heavy atom. The highest BCUT2D eigenvalue weighted by Crippen LogP contribution is 2.66. The molecule has 2 aliphatic heterocycles. The van der Waals surface area contributed by atoms with Crippen molar-refractivity contribution in [3.8, 4) is 5.75 Å². The van der Waals surface area contributed by atoms with E-state index in [-0.39, 0.29) is 23.3 Å². The van der Waals surface area contributed by atoms with Crippen LogP contribution in [-0.2, 0) is 29.4 Å². The van der Waals surface area contributed by atoms with Gasteiger partial charge in [-0.3, -0.25) is 9.78 Å². The van der Waals surface area contributed by atoms with Crippen LogP contribution in [-0.4, -0.2) is 28.9 Å². The van der Waals surface area contributed by atoms with Gasteiger partial charge >= 0.3 is 6.18 Å². The van der Waals surface area contributed by atoms with Crippen LogP contribution in [0, 0.1) is 30.1 Å². The van der Waals surface area contributed by atoms with E-state index in [9.17, 15) is 18.0 Å². The predicted octanol–water partition coefficient (Wildman–Crippen LogP) is 6.62. The maximum absolute atomic E-state index is 14.1. The van der Waals surface area contributed by atoms with E-state index in [4.69, 9.17) is 4.74 Å². The molecule has 38 heavy (non-hydrogen) atoms. The van der Waals surface area contributed by atoms with Gasteiger partial charge < -0.3 is 9.64 Å². The number of carbonyl (C=O) groups excluding carboxylic acids is 1. The zero-order chi connectivity index (χ0) is 26.3. The first-order valence-electron chi connectivity index (χ1n) is 14.3. The van der Waals surface area contributed by atoms with Crippen molar-refractivity contribution >= 4 is 5.91 Å². The number of ether oxygens (including phenoxy) is 1. The fourth-order valence-corrected chi connectivity index (χ4v) is 8.74. The molecule has 0 N–H and O–H groups in total. The third-order valence-electron chi connectivity index (χ3n) is 10.6. The third kappa shape index (κ3) is 3.78. The van der Waals surface area contributed by atoms with Gasteiger partial charge in [0.25, 0.3) is 0 Å². The molecule has 7 heteroatoms. The summed E-state index contributed by atoms with van der Waals surface area (Å²) in [5, 5.41) is 0. The summed E-state index contributed by atoms with van der Waals surface area (Å²) in [6.07, 6.45) is 5.62. The molecular formula is C31H35F3N2O2. The molecule has 1 aromatic carbocycles. The first-order valence-corrected chi connectivity index (χ1v) is 14.3. The van der Waals surface area contributed by atoms with Crippen molar-refractivity contribution in [3.05, 3.63) is 58.4 Å². The normalized spacial score (nSPS) is 33.5. The van der Waals surface area contributed by atoms with Gasteiger partial charge in [0.15, 0.2) is 0 Å². The van der Waals surface area contributed by atoms with Crippen LogP contribution < -0.4 is 4.74 Å². The van der Waals surface area contributed by atoms with Crippen molar-refractivity contribution < 1.29 is 22.7 Å². The van der Waals surface area contributed by atoms with Gasteiger partial charge in [-0.25, -0.2) is 0 Å². The summed E-state index contributed by atoms with van der Waals surface area (Å²) in [6.45, 7) is 3.72. The van der Waals surface area contributed by atoms with Crippen LogP contribution in [0.2, 0.25) is 0 Å². The Bertz CT molecular complexity index is 1290. The molecule has 0 bridgehead atoms. The van der Waals surface area contributed by atoms with Gasteiger partial charge in [-0.15, -0.1) is 0 Å². The number of hydrogen-bond donors (Lipinski definition) is 0. The first kappa shape index (κ1) is 24.5.